The second kappa shape index (κ2) is 8.97. The van der Waals surface area contributed by atoms with Crippen LogP contribution in [0.1, 0.15) is 25.0 Å². The topological polar surface area (TPSA) is 25.2 Å². The first-order chi connectivity index (χ1) is 20.1. The van der Waals surface area contributed by atoms with Crippen LogP contribution < -0.4 is 5.32 Å². The third kappa shape index (κ3) is 3.72. The minimum atomic E-state index is -0.0483. The van der Waals surface area contributed by atoms with Crippen LogP contribution in [0.3, 0.4) is 0 Å². The van der Waals surface area contributed by atoms with E-state index in [1.54, 1.807) is 0 Å². The van der Waals surface area contributed by atoms with Crippen LogP contribution in [0.5, 0.6) is 0 Å². The molecule has 7 aromatic rings. The normalized spacial score (nSPS) is 13.3. The third-order valence-electron chi connectivity index (χ3n) is 8.67. The number of hydrogen-bond donors (Lipinski definition) is 1. The van der Waals surface area contributed by atoms with Crippen LogP contribution in [0.15, 0.2) is 138 Å². The maximum Gasteiger partial charge on any atom is 0.143 e. The zero-order valence-corrected chi connectivity index (χ0v) is 23.1. The molecule has 1 aromatic heterocycles. The quantitative estimate of drug-likeness (QED) is 0.246. The average molecular weight is 528 g/mol. The monoisotopic (exact) mass is 527 g/mol. The maximum atomic E-state index is 6.28. The van der Waals surface area contributed by atoms with E-state index in [4.69, 9.17) is 4.42 Å². The largest absolute Gasteiger partial charge is 0.455 e. The number of hydrogen-bond acceptors (Lipinski definition) is 2. The van der Waals surface area contributed by atoms with Gasteiger partial charge in [0.15, 0.2) is 0 Å². The first-order valence-electron chi connectivity index (χ1n) is 14.2. The number of para-hydroxylation sites is 2. The summed E-state index contributed by atoms with van der Waals surface area (Å²) in [6.07, 6.45) is 0. The van der Waals surface area contributed by atoms with Crippen LogP contribution in [0.2, 0.25) is 0 Å². The number of rotatable bonds is 4. The highest BCUT2D eigenvalue weighted by molar-refractivity contribution is 6.09. The molecule has 0 saturated carbocycles. The highest BCUT2D eigenvalue weighted by Crippen LogP contribution is 2.52. The van der Waals surface area contributed by atoms with E-state index in [1.165, 1.54) is 33.4 Å². The minimum Gasteiger partial charge on any atom is -0.455 e. The standard InChI is InChI=1S/C39H29NO/c1-39(2)34-23-22-28(24-33(34)37-29(13-9-16-35(37)39)25-10-4-3-5-11-25)40-27-20-18-26(19-21-27)30-14-8-15-32-31-12-6-7-17-36(31)41-38(30)32/h3-24,40H,1-2H3. The highest BCUT2D eigenvalue weighted by atomic mass is 16.3. The van der Waals surface area contributed by atoms with Gasteiger partial charge in [-0.1, -0.05) is 117 Å². The summed E-state index contributed by atoms with van der Waals surface area (Å²) in [4.78, 5) is 0. The number of nitrogens with one attached hydrogen (secondary N) is 1. The minimum absolute atomic E-state index is 0.0483. The highest BCUT2D eigenvalue weighted by Gasteiger charge is 2.36. The van der Waals surface area contributed by atoms with Gasteiger partial charge in [-0.2, -0.15) is 0 Å². The Hall–Kier alpha value is -5.08. The lowest BCUT2D eigenvalue weighted by atomic mass is 9.82. The number of furan rings is 1. The molecule has 2 heteroatoms. The molecule has 0 saturated heterocycles. The number of anilines is 2. The van der Waals surface area contributed by atoms with E-state index >= 15 is 0 Å². The lowest BCUT2D eigenvalue weighted by Crippen LogP contribution is -2.14. The summed E-state index contributed by atoms with van der Waals surface area (Å²) in [5.41, 5.74) is 14.1. The van der Waals surface area contributed by atoms with Crippen LogP contribution in [-0.4, -0.2) is 0 Å². The van der Waals surface area contributed by atoms with Crippen LogP contribution >= 0.6 is 0 Å². The molecule has 196 valence electrons. The molecular weight excluding hydrogens is 498 g/mol. The van der Waals surface area contributed by atoms with Gasteiger partial charge in [0.1, 0.15) is 11.2 Å². The van der Waals surface area contributed by atoms with E-state index in [-0.39, 0.29) is 5.41 Å². The lowest BCUT2D eigenvalue weighted by molar-refractivity contribution is 0.660. The predicted molar refractivity (Wildman–Crippen MR) is 172 cm³/mol. The summed E-state index contributed by atoms with van der Waals surface area (Å²) < 4.78 is 6.28. The van der Waals surface area contributed by atoms with Gasteiger partial charge in [-0.05, 0) is 69.3 Å². The Labute approximate surface area is 239 Å². The molecule has 0 spiro atoms. The van der Waals surface area contributed by atoms with Crippen molar-refractivity contribution in [3.63, 3.8) is 0 Å². The Bertz CT molecular complexity index is 2080. The van der Waals surface area contributed by atoms with Crippen molar-refractivity contribution in [2.75, 3.05) is 5.32 Å². The van der Waals surface area contributed by atoms with E-state index < -0.39 is 0 Å². The Kier molecular flexibility index (Phi) is 5.20. The molecule has 2 nitrogen and oxygen atoms in total. The van der Waals surface area contributed by atoms with Crippen molar-refractivity contribution in [1.82, 2.24) is 0 Å². The van der Waals surface area contributed by atoms with Gasteiger partial charge >= 0.3 is 0 Å². The van der Waals surface area contributed by atoms with Crippen LogP contribution in [-0.2, 0) is 5.41 Å². The summed E-state index contributed by atoms with van der Waals surface area (Å²) in [6.45, 7) is 4.67. The van der Waals surface area contributed by atoms with Crippen molar-refractivity contribution >= 4 is 33.3 Å². The van der Waals surface area contributed by atoms with Crippen LogP contribution in [0.4, 0.5) is 11.4 Å². The molecule has 1 N–H and O–H groups in total. The zero-order chi connectivity index (χ0) is 27.6. The fraction of sp³-hybridized carbons (Fsp3) is 0.0769. The fourth-order valence-corrected chi connectivity index (χ4v) is 6.61. The molecule has 0 unspecified atom stereocenters. The second-order valence-corrected chi connectivity index (χ2v) is 11.5. The van der Waals surface area contributed by atoms with Gasteiger partial charge in [-0.3, -0.25) is 0 Å². The van der Waals surface area contributed by atoms with Gasteiger partial charge in [0, 0.05) is 33.1 Å². The van der Waals surface area contributed by atoms with E-state index in [2.05, 4.69) is 140 Å². The molecule has 1 aliphatic carbocycles. The molecule has 0 fully saturated rings. The Morgan fingerprint density at radius 3 is 2.05 bits per heavy atom. The summed E-state index contributed by atoms with van der Waals surface area (Å²) in [5.74, 6) is 0. The average Bonchev–Trinajstić information content (AvgIpc) is 3.50. The molecule has 41 heavy (non-hydrogen) atoms. The third-order valence-corrected chi connectivity index (χ3v) is 8.67. The van der Waals surface area contributed by atoms with Gasteiger partial charge in [0.2, 0.25) is 0 Å². The first-order valence-corrected chi connectivity index (χ1v) is 14.2. The zero-order valence-electron chi connectivity index (χ0n) is 23.1. The molecule has 0 bridgehead atoms. The predicted octanol–water partition coefficient (Wildman–Crippen LogP) is 11.0. The van der Waals surface area contributed by atoms with Crippen molar-refractivity contribution < 1.29 is 4.42 Å². The van der Waals surface area contributed by atoms with Gasteiger partial charge in [0.05, 0.1) is 0 Å². The molecule has 0 radical (unpaired) electrons. The molecule has 0 amide bonds. The molecule has 1 heterocycles. The molecule has 0 aliphatic heterocycles. The Morgan fingerprint density at radius 2 is 1.20 bits per heavy atom. The Morgan fingerprint density at radius 1 is 0.512 bits per heavy atom. The first kappa shape index (κ1) is 23.8. The second-order valence-electron chi connectivity index (χ2n) is 11.5. The van der Waals surface area contributed by atoms with Gasteiger partial charge in [0.25, 0.3) is 0 Å². The van der Waals surface area contributed by atoms with E-state index in [0.717, 1.165) is 44.4 Å². The summed E-state index contributed by atoms with van der Waals surface area (Å²) in [5, 5.41) is 5.97. The van der Waals surface area contributed by atoms with Gasteiger partial charge in [-0.25, -0.2) is 0 Å². The maximum absolute atomic E-state index is 6.28. The summed E-state index contributed by atoms with van der Waals surface area (Å²) in [7, 11) is 0. The van der Waals surface area contributed by atoms with Crippen LogP contribution in [0.25, 0.3) is 55.3 Å². The van der Waals surface area contributed by atoms with Crippen molar-refractivity contribution in [2.45, 2.75) is 19.3 Å². The van der Waals surface area contributed by atoms with Crippen molar-refractivity contribution in [1.29, 1.82) is 0 Å². The van der Waals surface area contributed by atoms with Crippen LogP contribution in [0, 0.1) is 0 Å². The lowest BCUT2D eigenvalue weighted by Gasteiger charge is -2.21. The van der Waals surface area contributed by atoms with E-state index in [9.17, 15) is 0 Å². The fourth-order valence-electron chi connectivity index (χ4n) is 6.61. The van der Waals surface area contributed by atoms with Crippen molar-refractivity contribution in [2.24, 2.45) is 0 Å². The molecule has 6 aromatic carbocycles. The number of fused-ring (bicyclic) bond motifs is 6. The molecule has 0 atom stereocenters. The molecular formula is C39H29NO. The van der Waals surface area contributed by atoms with Crippen molar-refractivity contribution in [3.05, 3.63) is 145 Å². The van der Waals surface area contributed by atoms with Gasteiger partial charge < -0.3 is 9.73 Å². The number of benzene rings is 6. The summed E-state index contributed by atoms with van der Waals surface area (Å²) in [6, 6.07) is 47.5. The van der Waals surface area contributed by atoms with Gasteiger partial charge in [-0.15, -0.1) is 0 Å². The Balaban J connectivity index is 1.15. The molecule has 1 aliphatic rings. The smallest absolute Gasteiger partial charge is 0.143 e. The SMILES string of the molecule is CC1(C)c2ccc(Nc3ccc(-c4cccc5c4oc4ccccc45)cc3)cc2-c2c(-c3ccccc3)cccc21. The summed E-state index contributed by atoms with van der Waals surface area (Å²) >= 11 is 0. The van der Waals surface area contributed by atoms with Crippen molar-refractivity contribution in [3.8, 4) is 33.4 Å². The molecule has 8 rings (SSSR count). The van der Waals surface area contributed by atoms with E-state index in [0.29, 0.717) is 0 Å². The van der Waals surface area contributed by atoms with E-state index in [1.807, 2.05) is 12.1 Å².